The van der Waals surface area contributed by atoms with Gasteiger partial charge in [-0.1, -0.05) is 32.1 Å². The zero-order valence-corrected chi connectivity index (χ0v) is 9.83. The lowest BCUT2D eigenvalue weighted by Crippen LogP contribution is -2.11. The molecule has 0 amide bonds. The van der Waals surface area contributed by atoms with E-state index in [1.165, 1.54) is 32.1 Å². The van der Waals surface area contributed by atoms with Gasteiger partial charge in [0, 0.05) is 12.6 Å². The van der Waals surface area contributed by atoms with Gasteiger partial charge in [0.25, 0.3) is 0 Å². The molecule has 1 aliphatic rings. The van der Waals surface area contributed by atoms with Gasteiger partial charge in [-0.2, -0.15) is 0 Å². The summed E-state index contributed by atoms with van der Waals surface area (Å²) >= 11 is 3.38. The smallest absolute Gasteiger partial charge is 0.129 e. The summed E-state index contributed by atoms with van der Waals surface area (Å²) in [7, 11) is 0. The van der Waals surface area contributed by atoms with Crippen LogP contribution in [-0.2, 0) is 6.42 Å². The molecule has 0 radical (unpaired) electrons. The van der Waals surface area contributed by atoms with Crippen molar-refractivity contribution in [3.8, 4) is 0 Å². The normalized spacial score (nSPS) is 18.4. The third kappa shape index (κ3) is 2.77. The number of hydrogen-bond donors (Lipinski definition) is 0. The number of hydrogen-bond acceptors (Lipinski definition) is 2. The summed E-state index contributed by atoms with van der Waals surface area (Å²) in [4.78, 5) is 8.67. The topological polar surface area (TPSA) is 25.8 Å². The molecule has 1 aromatic rings. The fourth-order valence-corrected chi connectivity index (χ4v) is 2.44. The highest BCUT2D eigenvalue weighted by atomic mass is 79.9. The van der Waals surface area contributed by atoms with Crippen LogP contribution in [0.1, 0.15) is 37.9 Å². The summed E-state index contributed by atoms with van der Waals surface area (Å²) in [5.41, 5.74) is 0. The Balaban J connectivity index is 1.95. The molecule has 0 bridgehead atoms. The van der Waals surface area contributed by atoms with E-state index in [1.54, 1.807) is 0 Å². The van der Waals surface area contributed by atoms with Crippen LogP contribution < -0.4 is 0 Å². The van der Waals surface area contributed by atoms with Crippen LogP contribution in [0.2, 0.25) is 0 Å². The van der Waals surface area contributed by atoms with Crippen molar-refractivity contribution in [2.45, 2.75) is 38.5 Å². The van der Waals surface area contributed by atoms with E-state index in [0.29, 0.717) is 0 Å². The second-order valence-corrected chi connectivity index (χ2v) is 4.82. The molecule has 76 valence electrons. The summed E-state index contributed by atoms with van der Waals surface area (Å²) in [6, 6.07) is 1.88. The Hall–Kier alpha value is -0.440. The van der Waals surface area contributed by atoms with Crippen LogP contribution >= 0.6 is 15.9 Å². The first-order chi connectivity index (χ1) is 6.84. The number of rotatable bonds is 2. The van der Waals surface area contributed by atoms with E-state index >= 15 is 0 Å². The molecule has 0 saturated heterocycles. The highest BCUT2D eigenvalue weighted by molar-refractivity contribution is 9.10. The average Bonchev–Trinajstić information content (AvgIpc) is 2.19. The largest absolute Gasteiger partial charge is 0.241 e. The first kappa shape index (κ1) is 10.1. The van der Waals surface area contributed by atoms with Crippen LogP contribution in [0.4, 0.5) is 0 Å². The predicted molar refractivity (Wildman–Crippen MR) is 60.0 cm³/mol. The lowest BCUT2D eigenvalue weighted by molar-refractivity contribution is 0.351. The highest BCUT2D eigenvalue weighted by Gasteiger charge is 2.14. The van der Waals surface area contributed by atoms with E-state index in [1.807, 2.05) is 12.3 Å². The van der Waals surface area contributed by atoms with Crippen molar-refractivity contribution in [1.29, 1.82) is 0 Å². The van der Waals surface area contributed by atoms with Crippen molar-refractivity contribution in [3.05, 3.63) is 22.7 Å². The first-order valence-electron chi connectivity index (χ1n) is 5.32. The fraction of sp³-hybridized carbons (Fsp3) is 0.636. The van der Waals surface area contributed by atoms with Crippen molar-refractivity contribution in [2.75, 3.05) is 0 Å². The van der Waals surface area contributed by atoms with Gasteiger partial charge in [-0.3, -0.25) is 0 Å². The quantitative estimate of drug-likeness (QED) is 0.757. The minimum Gasteiger partial charge on any atom is -0.241 e. The summed E-state index contributed by atoms with van der Waals surface area (Å²) in [5.74, 6) is 1.81. The van der Waals surface area contributed by atoms with Crippen molar-refractivity contribution >= 4 is 15.9 Å². The second-order valence-electron chi connectivity index (χ2n) is 4.00. The molecule has 1 aliphatic carbocycles. The van der Waals surface area contributed by atoms with Crippen LogP contribution in [0.25, 0.3) is 0 Å². The standard InChI is InChI=1S/C11H15BrN2/c12-10-6-7-13-11(14-10)8-9-4-2-1-3-5-9/h6-7,9H,1-5,8H2. The number of aromatic nitrogens is 2. The number of nitrogens with zero attached hydrogens (tertiary/aromatic N) is 2. The summed E-state index contributed by atoms with van der Waals surface area (Å²) in [5, 5.41) is 0. The number of halogens is 1. The average molecular weight is 255 g/mol. The molecular formula is C11H15BrN2. The Morgan fingerprint density at radius 3 is 2.79 bits per heavy atom. The molecule has 0 spiro atoms. The molecule has 3 heteroatoms. The van der Waals surface area contributed by atoms with Crippen molar-refractivity contribution in [3.63, 3.8) is 0 Å². The Labute approximate surface area is 93.3 Å². The lowest BCUT2D eigenvalue weighted by Gasteiger charge is -2.20. The Kier molecular flexibility index (Phi) is 3.51. The zero-order chi connectivity index (χ0) is 9.80. The lowest BCUT2D eigenvalue weighted by atomic mass is 9.87. The molecule has 0 unspecified atom stereocenters. The summed E-state index contributed by atoms with van der Waals surface area (Å²) < 4.78 is 0.901. The van der Waals surface area contributed by atoms with Crippen LogP contribution in [0.3, 0.4) is 0 Å². The fourth-order valence-electron chi connectivity index (χ4n) is 2.12. The van der Waals surface area contributed by atoms with Gasteiger partial charge in [0.2, 0.25) is 0 Å². The van der Waals surface area contributed by atoms with Crippen molar-refractivity contribution in [1.82, 2.24) is 9.97 Å². The van der Waals surface area contributed by atoms with Crippen LogP contribution in [0.5, 0.6) is 0 Å². The van der Waals surface area contributed by atoms with E-state index in [9.17, 15) is 0 Å². The van der Waals surface area contributed by atoms with Gasteiger partial charge in [0.05, 0.1) is 0 Å². The zero-order valence-electron chi connectivity index (χ0n) is 8.25. The van der Waals surface area contributed by atoms with Crippen molar-refractivity contribution < 1.29 is 0 Å². The Morgan fingerprint density at radius 2 is 2.07 bits per heavy atom. The Bertz CT molecular complexity index is 295. The second kappa shape index (κ2) is 4.87. The molecule has 1 saturated carbocycles. The van der Waals surface area contributed by atoms with Gasteiger partial charge in [-0.05, 0) is 27.9 Å². The van der Waals surface area contributed by atoms with E-state index in [2.05, 4.69) is 25.9 Å². The molecular weight excluding hydrogens is 240 g/mol. The third-order valence-corrected chi connectivity index (χ3v) is 3.31. The van der Waals surface area contributed by atoms with E-state index < -0.39 is 0 Å². The predicted octanol–water partition coefficient (Wildman–Crippen LogP) is 3.36. The molecule has 0 aliphatic heterocycles. The van der Waals surface area contributed by atoms with E-state index in [4.69, 9.17) is 0 Å². The molecule has 0 N–H and O–H groups in total. The Morgan fingerprint density at radius 1 is 1.29 bits per heavy atom. The SMILES string of the molecule is Brc1ccnc(CC2CCCCC2)n1. The minimum absolute atomic E-state index is 0.818. The summed E-state index contributed by atoms with van der Waals surface area (Å²) in [6.45, 7) is 0. The maximum atomic E-state index is 4.37. The minimum atomic E-state index is 0.818. The molecule has 2 rings (SSSR count). The van der Waals surface area contributed by atoms with Crippen LogP contribution in [0.15, 0.2) is 16.9 Å². The summed E-state index contributed by atoms with van der Waals surface area (Å²) in [6.07, 6.45) is 9.79. The first-order valence-corrected chi connectivity index (χ1v) is 6.11. The van der Waals surface area contributed by atoms with Gasteiger partial charge >= 0.3 is 0 Å². The van der Waals surface area contributed by atoms with E-state index in [0.717, 1.165) is 22.8 Å². The van der Waals surface area contributed by atoms with Gasteiger partial charge < -0.3 is 0 Å². The molecule has 1 fully saturated rings. The van der Waals surface area contributed by atoms with Crippen molar-refractivity contribution in [2.24, 2.45) is 5.92 Å². The van der Waals surface area contributed by atoms with Gasteiger partial charge in [0.15, 0.2) is 0 Å². The molecule has 2 nitrogen and oxygen atoms in total. The van der Waals surface area contributed by atoms with Gasteiger partial charge in [-0.15, -0.1) is 0 Å². The van der Waals surface area contributed by atoms with Crippen LogP contribution in [-0.4, -0.2) is 9.97 Å². The molecule has 14 heavy (non-hydrogen) atoms. The monoisotopic (exact) mass is 254 g/mol. The third-order valence-electron chi connectivity index (χ3n) is 2.87. The molecule has 0 atom stereocenters. The van der Waals surface area contributed by atoms with Crippen LogP contribution in [0, 0.1) is 5.92 Å². The maximum absolute atomic E-state index is 4.37. The molecule has 1 heterocycles. The molecule has 0 aromatic carbocycles. The molecule has 1 aromatic heterocycles. The maximum Gasteiger partial charge on any atom is 0.129 e. The van der Waals surface area contributed by atoms with Gasteiger partial charge in [-0.25, -0.2) is 9.97 Å². The highest BCUT2D eigenvalue weighted by Crippen LogP contribution is 2.25. The van der Waals surface area contributed by atoms with E-state index in [-0.39, 0.29) is 0 Å². The van der Waals surface area contributed by atoms with Gasteiger partial charge in [0.1, 0.15) is 10.4 Å².